The Hall–Kier alpha value is -2.57. The summed E-state index contributed by atoms with van der Waals surface area (Å²) in [6.07, 6.45) is -1.43. The second kappa shape index (κ2) is 8.02. The highest BCUT2D eigenvalue weighted by molar-refractivity contribution is 5.91. The normalized spacial score (nSPS) is 11.4. The largest absolute Gasteiger partial charge is 0.480 e. The zero-order valence-corrected chi connectivity index (χ0v) is 12.7. The van der Waals surface area contributed by atoms with Crippen molar-refractivity contribution in [1.29, 1.82) is 0 Å². The molecule has 1 aromatic carbocycles. The molecule has 1 rings (SSSR count). The molecule has 0 spiro atoms. The van der Waals surface area contributed by atoms with Crippen molar-refractivity contribution in [3.05, 3.63) is 35.4 Å². The smallest absolute Gasteiger partial charge is 0.410 e. The van der Waals surface area contributed by atoms with Crippen LogP contribution in [0.2, 0.25) is 0 Å². The van der Waals surface area contributed by atoms with Crippen LogP contribution in [0.15, 0.2) is 24.3 Å². The number of carbonyl (C=O) groups is 3. The first-order valence-electron chi connectivity index (χ1n) is 6.67. The van der Waals surface area contributed by atoms with E-state index in [1.54, 1.807) is 32.0 Å². The van der Waals surface area contributed by atoms with E-state index >= 15 is 0 Å². The molecule has 0 fully saturated rings. The van der Waals surface area contributed by atoms with Crippen LogP contribution >= 0.6 is 0 Å². The molecule has 1 atom stereocenters. The number of likely N-dealkylation sites (N-methyl/N-ethyl adjacent to an activating group) is 1. The van der Waals surface area contributed by atoms with E-state index in [0.717, 1.165) is 10.5 Å². The van der Waals surface area contributed by atoms with E-state index in [1.807, 2.05) is 6.07 Å². The Balaban J connectivity index is 2.45. The van der Waals surface area contributed by atoms with Gasteiger partial charge in [-0.05, 0) is 25.5 Å². The van der Waals surface area contributed by atoms with Crippen LogP contribution in [-0.4, -0.2) is 54.3 Å². The highest BCUT2D eigenvalue weighted by Crippen LogP contribution is 2.10. The van der Waals surface area contributed by atoms with Gasteiger partial charge in [0.25, 0.3) is 0 Å². The molecule has 1 N–H and O–H groups in total. The minimum Gasteiger partial charge on any atom is -0.480 e. The van der Waals surface area contributed by atoms with Gasteiger partial charge in [-0.25, -0.2) is 9.59 Å². The first kappa shape index (κ1) is 17.5. The summed E-state index contributed by atoms with van der Waals surface area (Å²) in [7, 11) is 1.31. The third kappa shape index (κ3) is 5.43. The Labute approximate surface area is 128 Å². The maximum absolute atomic E-state index is 11.9. The summed E-state index contributed by atoms with van der Waals surface area (Å²) in [5.74, 6) is -1.64. The van der Waals surface area contributed by atoms with Gasteiger partial charge in [-0.3, -0.25) is 4.79 Å². The number of carboxylic acid groups (broad SMARTS) is 1. The van der Waals surface area contributed by atoms with E-state index in [2.05, 4.69) is 0 Å². The van der Waals surface area contributed by atoms with Crippen LogP contribution in [0.1, 0.15) is 22.8 Å². The average Bonchev–Trinajstić information content (AvgIpc) is 2.44. The molecule has 0 aliphatic heterocycles. The van der Waals surface area contributed by atoms with Crippen LogP contribution in [0, 0.1) is 6.92 Å². The molecular weight excluding hydrogens is 290 g/mol. The van der Waals surface area contributed by atoms with E-state index in [9.17, 15) is 14.4 Å². The zero-order valence-electron chi connectivity index (χ0n) is 12.7. The summed E-state index contributed by atoms with van der Waals surface area (Å²) in [6, 6.07) is 6.99. The van der Waals surface area contributed by atoms with Crippen molar-refractivity contribution in [1.82, 2.24) is 4.90 Å². The summed E-state index contributed by atoms with van der Waals surface area (Å²) in [4.78, 5) is 34.8. The number of amides is 1. The Morgan fingerprint density at radius 2 is 1.91 bits per heavy atom. The number of aryl methyl sites for hydroxylation is 1. The standard InChI is InChI=1S/C15H19NO6/c1-10-6-4-5-7-12(10)14(19)22-11(2)9-21-15(20)16(3)8-13(17)18/h4-7,11H,8-9H2,1-3H3,(H,17,18). The van der Waals surface area contributed by atoms with Crippen molar-refractivity contribution >= 4 is 18.0 Å². The van der Waals surface area contributed by atoms with Crippen molar-refractivity contribution in [2.45, 2.75) is 20.0 Å². The summed E-state index contributed by atoms with van der Waals surface area (Å²) >= 11 is 0. The molecule has 0 heterocycles. The number of nitrogens with zero attached hydrogens (tertiary/aromatic N) is 1. The fourth-order valence-electron chi connectivity index (χ4n) is 1.65. The zero-order chi connectivity index (χ0) is 16.7. The van der Waals surface area contributed by atoms with Gasteiger partial charge in [-0.15, -0.1) is 0 Å². The number of carbonyl (C=O) groups excluding carboxylic acids is 2. The molecule has 7 nitrogen and oxygen atoms in total. The van der Waals surface area contributed by atoms with Gasteiger partial charge in [0.2, 0.25) is 0 Å². The van der Waals surface area contributed by atoms with Gasteiger partial charge in [0.15, 0.2) is 0 Å². The third-order valence-electron chi connectivity index (χ3n) is 2.80. The Kier molecular flexibility index (Phi) is 6.37. The van der Waals surface area contributed by atoms with Crippen LogP contribution in [0.25, 0.3) is 0 Å². The summed E-state index contributed by atoms with van der Waals surface area (Å²) in [5, 5.41) is 8.56. The van der Waals surface area contributed by atoms with Gasteiger partial charge in [0.05, 0.1) is 5.56 Å². The number of rotatable bonds is 6. The lowest BCUT2D eigenvalue weighted by molar-refractivity contribution is -0.137. The third-order valence-corrected chi connectivity index (χ3v) is 2.80. The van der Waals surface area contributed by atoms with E-state index in [4.69, 9.17) is 14.6 Å². The molecule has 0 aliphatic carbocycles. The van der Waals surface area contributed by atoms with Crippen molar-refractivity contribution in [3.8, 4) is 0 Å². The highest BCUT2D eigenvalue weighted by atomic mass is 16.6. The first-order valence-corrected chi connectivity index (χ1v) is 6.67. The average molecular weight is 309 g/mol. The van der Waals surface area contributed by atoms with Crippen LogP contribution in [-0.2, 0) is 14.3 Å². The molecule has 0 aliphatic rings. The molecule has 0 bridgehead atoms. The maximum Gasteiger partial charge on any atom is 0.410 e. The summed E-state index contributed by atoms with van der Waals surface area (Å²) < 4.78 is 10.1. The lowest BCUT2D eigenvalue weighted by Crippen LogP contribution is -2.34. The fraction of sp³-hybridized carbons (Fsp3) is 0.400. The molecule has 0 aromatic heterocycles. The molecule has 1 amide bonds. The van der Waals surface area contributed by atoms with Crippen molar-refractivity contribution in [2.75, 3.05) is 20.2 Å². The molecule has 0 radical (unpaired) electrons. The fourth-order valence-corrected chi connectivity index (χ4v) is 1.65. The predicted octanol–water partition coefficient (Wildman–Crippen LogP) is 1.69. The molecule has 1 aromatic rings. The maximum atomic E-state index is 11.9. The van der Waals surface area contributed by atoms with Crippen molar-refractivity contribution in [3.63, 3.8) is 0 Å². The second-order valence-electron chi connectivity index (χ2n) is 4.86. The van der Waals surface area contributed by atoms with Crippen LogP contribution in [0.3, 0.4) is 0 Å². The molecular formula is C15H19NO6. The highest BCUT2D eigenvalue weighted by Gasteiger charge is 2.18. The van der Waals surface area contributed by atoms with Crippen LogP contribution < -0.4 is 0 Å². The van der Waals surface area contributed by atoms with Gasteiger partial charge in [0.1, 0.15) is 19.3 Å². The molecule has 1 unspecified atom stereocenters. The minimum atomic E-state index is -1.14. The first-order chi connectivity index (χ1) is 10.3. The van der Waals surface area contributed by atoms with Crippen molar-refractivity contribution < 1.29 is 29.0 Å². The second-order valence-corrected chi connectivity index (χ2v) is 4.86. The monoisotopic (exact) mass is 309 g/mol. The number of aliphatic carboxylic acids is 1. The Bertz CT molecular complexity index is 557. The quantitative estimate of drug-likeness (QED) is 0.804. The van der Waals surface area contributed by atoms with Gasteiger partial charge in [-0.1, -0.05) is 18.2 Å². The van der Waals surface area contributed by atoms with Crippen LogP contribution in [0.4, 0.5) is 4.79 Å². The Morgan fingerprint density at radius 1 is 1.27 bits per heavy atom. The molecule has 7 heteroatoms. The van der Waals surface area contributed by atoms with E-state index in [0.29, 0.717) is 5.56 Å². The summed E-state index contributed by atoms with van der Waals surface area (Å²) in [6.45, 7) is 2.76. The lowest BCUT2D eigenvalue weighted by Gasteiger charge is -2.18. The van der Waals surface area contributed by atoms with Gasteiger partial charge < -0.3 is 19.5 Å². The SMILES string of the molecule is Cc1ccccc1C(=O)OC(C)COC(=O)N(C)CC(=O)O. The minimum absolute atomic E-state index is 0.152. The number of carboxylic acids is 1. The van der Waals surface area contributed by atoms with E-state index in [1.165, 1.54) is 7.05 Å². The molecule has 0 saturated carbocycles. The number of benzene rings is 1. The number of hydrogen-bond acceptors (Lipinski definition) is 5. The number of hydrogen-bond donors (Lipinski definition) is 1. The van der Waals surface area contributed by atoms with Crippen molar-refractivity contribution in [2.24, 2.45) is 0 Å². The molecule has 120 valence electrons. The van der Waals surface area contributed by atoms with E-state index in [-0.39, 0.29) is 6.61 Å². The predicted molar refractivity (Wildman–Crippen MR) is 77.7 cm³/mol. The Morgan fingerprint density at radius 3 is 2.50 bits per heavy atom. The molecule has 0 saturated heterocycles. The van der Waals surface area contributed by atoms with Gasteiger partial charge >= 0.3 is 18.0 Å². The van der Waals surface area contributed by atoms with E-state index < -0.39 is 30.7 Å². The van der Waals surface area contributed by atoms with Gasteiger partial charge in [0, 0.05) is 7.05 Å². The topological polar surface area (TPSA) is 93.1 Å². The van der Waals surface area contributed by atoms with Crippen LogP contribution in [0.5, 0.6) is 0 Å². The lowest BCUT2D eigenvalue weighted by atomic mass is 10.1. The molecule has 22 heavy (non-hydrogen) atoms. The number of ether oxygens (including phenoxy) is 2. The number of esters is 1. The van der Waals surface area contributed by atoms with Gasteiger partial charge in [-0.2, -0.15) is 0 Å². The summed E-state index contributed by atoms with van der Waals surface area (Å²) in [5.41, 5.74) is 1.24.